The number of esters is 1. The molecule has 2 aromatic rings. The highest BCUT2D eigenvalue weighted by atomic mass is 35.5. The molecule has 0 bridgehead atoms. The summed E-state index contributed by atoms with van der Waals surface area (Å²) in [4.78, 5) is 13.2. The van der Waals surface area contributed by atoms with E-state index in [1.54, 1.807) is 6.92 Å². The van der Waals surface area contributed by atoms with E-state index in [4.69, 9.17) is 26.8 Å². The Balaban J connectivity index is 2.33. The van der Waals surface area contributed by atoms with Crippen molar-refractivity contribution in [2.24, 2.45) is 5.73 Å². The maximum atomic E-state index is 14.5. The lowest BCUT2D eigenvalue weighted by molar-refractivity contribution is 0.0597. The smallest absolute Gasteiger partial charge is 0.342 e. The third-order valence-corrected chi connectivity index (χ3v) is 5.37. The highest BCUT2D eigenvalue weighted by molar-refractivity contribution is 7.12. The third-order valence-electron chi connectivity index (χ3n) is 3.89. The number of hydrogen-bond acceptors (Lipinski definition) is 6. The van der Waals surface area contributed by atoms with Crippen molar-refractivity contribution in [2.45, 2.75) is 12.8 Å². The molecule has 1 aliphatic heterocycles. The minimum absolute atomic E-state index is 0.0390. The average molecular weight is 379 g/mol. The van der Waals surface area contributed by atoms with Crippen molar-refractivity contribution in [3.8, 4) is 11.8 Å². The van der Waals surface area contributed by atoms with Gasteiger partial charge in [-0.05, 0) is 19.1 Å². The summed E-state index contributed by atoms with van der Waals surface area (Å²) in [6.07, 6.45) is 0. The Hall–Kier alpha value is -2.56. The summed E-state index contributed by atoms with van der Waals surface area (Å²) in [5.74, 6) is -2.04. The third kappa shape index (κ3) is 2.64. The molecule has 1 aromatic carbocycles. The first-order chi connectivity index (χ1) is 11.9. The number of ether oxygens (including phenoxy) is 2. The van der Waals surface area contributed by atoms with Crippen LogP contribution in [-0.2, 0) is 4.74 Å². The number of benzene rings is 1. The molecule has 1 aromatic heterocycles. The largest absolute Gasteiger partial charge is 0.465 e. The number of aryl methyl sites for hydroxylation is 1. The molecular formula is C17H12ClFN2O3S. The van der Waals surface area contributed by atoms with Gasteiger partial charge in [-0.15, -0.1) is 11.3 Å². The van der Waals surface area contributed by atoms with Gasteiger partial charge in [0, 0.05) is 15.5 Å². The van der Waals surface area contributed by atoms with Crippen LogP contribution in [0.3, 0.4) is 0 Å². The summed E-state index contributed by atoms with van der Waals surface area (Å²) >= 11 is 7.41. The van der Waals surface area contributed by atoms with Gasteiger partial charge in [-0.3, -0.25) is 0 Å². The topological polar surface area (TPSA) is 85.3 Å². The number of thiophene rings is 1. The zero-order chi connectivity index (χ0) is 18.3. The van der Waals surface area contributed by atoms with Gasteiger partial charge in [-0.25, -0.2) is 9.18 Å². The lowest BCUT2D eigenvalue weighted by Crippen LogP contribution is -2.21. The minimum Gasteiger partial charge on any atom is -0.465 e. The van der Waals surface area contributed by atoms with Crippen molar-refractivity contribution in [1.82, 2.24) is 0 Å². The first-order valence-electron chi connectivity index (χ1n) is 7.13. The SMILES string of the molecule is COC(=O)c1c(C)sc2c1OC(N)=C(C#N)C2c1c(F)cccc1Cl. The number of carbonyl (C=O) groups is 1. The number of fused-ring (bicyclic) bond motifs is 1. The van der Waals surface area contributed by atoms with Crippen molar-refractivity contribution < 1.29 is 18.7 Å². The molecule has 1 atom stereocenters. The maximum absolute atomic E-state index is 14.5. The number of rotatable bonds is 2. The molecule has 0 radical (unpaired) electrons. The normalized spacial score (nSPS) is 16.0. The number of nitrogens with two attached hydrogens (primary N) is 1. The first-order valence-corrected chi connectivity index (χ1v) is 8.33. The number of allylic oxidation sites excluding steroid dienone is 1. The van der Waals surface area contributed by atoms with Crippen molar-refractivity contribution in [3.05, 3.63) is 61.4 Å². The lowest BCUT2D eigenvalue weighted by Gasteiger charge is -2.25. The predicted molar refractivity (Wildman–Crippen MR) is 91.1 cm³/mol. The van der Waals surface area contributed by atoms with E-state index in [9.17, 15) is 14.4 Å². The highest BCUT2D eigenvalue weighted by Crippen LogP contribution is 2.50. The zero-order valence-corrected chi connectivity index (χ0v) is 14.8. The van der Waals surface area contributed by atoms with Gasteiger partial charge in [0.15, 0.2) is 5.75 Å². The van der Waals surface area contributed by atoms with Gasteiger partial charge >= 0.3 is 5.97 Å². The molecule has 1 unspecified atom stereocenters. The molecule has 128 valence electrons. The van der Waals surface area contributed by atoms with Crippen LogP contribution in [0, 0.1) is 24.1 Å². The van der Waals surface area contributed by atoms with E-state index in [1.165, 1.54) is 36.6 Å². The molecule has 2 heterocycles. The minimum atomic E-state index is -0.857. The van der Waals surface area contributed by atoms with Crippen LogP contribution in [0.2, 0.25) is 5.02 Å². The fourth-order valence-corrected chi connectivity index (χ4v) is 4.27. The molecule has 1 aliphatic rings. The number of hydrogen-bond donors (Lipinski definition) is 1. The molecule has 0 amide bonds. The van der Waals surface area contributed by atoms with Crippen LogP contribution in [0.1, 0.15) is 31.6 Å². The van der Waals surface area contributed by atoms with Crippen molar-refractivity contribution in [1.29, 1.82) is 5.26 Å². The van der Waals surface area contributed by atoms with Crippen LogP contribution >= 0.6 is 22.9 Å². The zero-order valence-electron chi connectivity index (χ0n) is 13.2. The number of methoxy groups -OCH3 is 1. The second-order valence-electron chi connectivity index (χ2n) is 5.28. The van der Waals surface area contributed by atoms with E-state index < -0.39 is 17.7 Å². The number of nitrogens with zero attached hydrogens (tertiary/aromatic N) is 1. The second kappa shape index (κ2) is 6.39. The summed E-state index contributed by atoms with van der Waals surface area (Å²) in [6.45, 7) is 1.71. The molecule has 0 aliphatic carbocycles. The Bertz CT molecular complexity index is 941. The summed E-state index contributed by atoms with van der Waals surface area (Å²) < 4.78 is 24.8. The molecule has 0 fully saturated rings. The summed E-state index contributed by atoms with van der Waals surface area (Å²) in [6, 6.07) is 6.22. The van der Waals surface area contributed by atoms with E-state index in [0.29, 0.717) is 9.75 Å². The van der Waals surface area contributed by atoms with E-state index in [2.05, 4.69) is 0 Å². The Morgan fingerprint density at radius 3 is 2.84 bits per heavy atom. The van der Waals surface area contributed by atoms with Crippen LogP contribution in [0.5, 0.6) is 5.75 Å². The number of nitriles is 1. The summed E-state index contributed by atoms with van der Waals surface area (Å²) in [7, 11) is 1.25. The van der Waals surface area contributed by atoms with Crippen molar-refractivity contribution >= 4 is 28.9 Å². The van der Waals surface area contributed by atoms with E-state index in [1.807, 2.05) is 6.07 Å². The average Bonchev–Trinajstić information content (AvgIpc) is 2.89. The highest BCUT2D eigenvalue weighted by Gasteiger charge is 2.39. The van der Waals surface area contributed by atoms with Crippen molar-refractivity contribution in [2.75, 3.05) is 7.11 Å². The fraction of sp³-hybridized carbons (Fsp3) is 0.176. The van der Waals surface area contributed by atoms with Gasteiger partial charge in [0.05, 0.1) is 17.9 Å². The van der Waals surface area contributed by atoms with Gasteiger partial charge in [-0.2, -0.15) is 5.26 Å². The Morgan fingerprint density at radius 2 is 2.24 bits per heavy atom. The Labute approximate surface area is 152 Å². The van der Waals surface area contributed by atoms with E-state index in [-0.39, 0.29) is 33.4 Å². The van der Waals surface area contributed by atoms with Crippen LogP contribution in [-0.4, -0.2) is 13.1 Å². The molecule has 2 N–H and O–H groups in total. The quantitative estimate of drug-likeness (QED) is 0.802. The van der Waals surface area contributed by atoms with Gasteiger partial charge in [0.2, 0.25) is 5.88 Å². The molecule has 3 rings (SSSR count). The van der Waals surface area contributed by atoms with Crippen molar-refractivity contribution in [3.63, 3.8) is 0 Å². The molecule has 5 nitrogen and oxygen atoms in total. The Kier molecular flexibility index (Phi) is 4.41. The monoisotopic (exact) mass is 378 g/mol. The van der Waals surface area contributed by atoms with Crippen LogP contribution in [0.15, 0.2) is 29.7 Å². The number of halogens is 2. The van der Waals surface area contributed by atoms with Crippen LogP contribution in [0.25, 0.3) is 0 Å². The summed E-state index contributed by atoms with van der Waals surface area (Å²) in [5, 5.41) is 9.67. The molecule has 0 saturated carbocycles. The van der Waals surface area contributed by atoms with Gasteiger partial charge < -0.3 is 15.2 Å². The van der Waals surface area contributed by atoms with Crippen LogP contribution in [0.4, 0.5) is 4.39 Å². The fourth-order valence-electron chi connectivity index (χ4n) is 2.80. The van der Waals surface area contributed by atoms with Gasteiger partial charge in [-0.1, -0.05) is 17.7 Å². The molecular weight excluding hydrogens is 367 g/mol. The maximum Gasteiger partial charge on any atom is 0.342 e. The van der Waals surface area contributed by atoms with Gasteiger partial charge in [0.25, 0.3) is 0 Å². The van der Waals surface area contributed by atoms with E-state index in [0.717, 1.165) is 0 Å². The van der Waals surface area contributed by atoms with E-state index >= 15 is 0 Å². The standard InChI is InChI=1S/C17H12ClFN2O3S/c1-7-11(17(22)23-2)14-15(25-7)12(8(6-20)16(21)24-14)13-9(18)4-3-5-10(13)19/h3-5,12H,21H2,1-2H3. The number of carbonyl (C=O) groups excluding carboxylic acids is 1. The van der Waals surface area contributed by atoms with Gasteiger partial charge in [0.1, 0.15) is 23.0 Å². The first kappa shape index (κ1) is 17.3. The second-order valence-corrected chi connectivity index (χ2v) is 6.94. The predicted octanol–water partition coefficient (Wildman–Crippen LogP) is 3.85. The molecule has 0 saturated heterocycles. The molecule has 0 spiro atoms. The van der Waals surface area contributed by atoms with Crippen LogP contribution < -0.4 is 10.5 Å². The summed E-state index contributed by atoms with van der Waals surface area (Å²) in [5.41, 5.74) is 6.24. The molecule has 8 heteroatoms. The lowest BCUT2D eigenvalue weighted by atomic mass is 9.87. The molecule has 25 heavy (non-hydrogen) atoms. The Morgan fingerprint density at radius 1 is 1.52 bits per heavy atom.